The molecule has 2 aliphatic heterocycles. The first kappa shape index (κ1) is 21.0. The lowest BCUT2D eigenvalue weighted by atomic mass is 9.76. The molecule has 2 saturated heterocycles. The van der Waals surface area contributed by atoms with Gasteiger partial charge in [-0.3, -0.25) is 9.59 Å². The van der Waals surface area contributed by atoms with Gasteiger partial charge >= 0.3 is 0 Å². The van der Waals surface area contributed by atoms with Gasteiger partial charge in [0.25, 0.3) is 0 Å². The number of hydrogen-bond donors (Lipinski definition) is 1. The van der Waals surface area contributed by atoms with Crippen LogP contribution in [0.4, 0.5) is 0 Å². The quantitative estimate of drug-likeness (QED) is 0.659. The summed E-state index contributed by atoms with van der Waals surface area (Å²) >= 11 is 0. The minimum Gasteiger partial charge on any atom is -0.497 e. The number of fused-ring (bicyclic) bond motifs is 1. The molecule has 2 atom stereocenters. The maximum Gasteiger partial charge on any atom is 0.232 e. The summed E-state index contributed by atoms with van der Waals surface area (Å²) in [5.41, 5.74) is 0.0805. The second-order valence-electron chi connectivity index (χ2n) is 7.99. The van der Waals surface area contributed by atoms with Gasteiger partial charge in [-0.05, 0) is 42.7 Å². The van der Waals surface area contributed by atoms with Crippen LogP contribution in [0, 0.1) is 0 Å². The Labute approximate surface area is 182 Å². The molecule has 1 N–H and O–H groups in total. The zero-order chi connectivity index (χ0) is 21.8. The number of ether oxygens (including phenoxy) is 3. The van der Waals surface area contributed by atoms with Gasteiger partial charge in [-0.15, -0.1) is 0 Å². The third kappa shape index (κ3) is 4.04. The number of nitrogens with zero attached hydrogens (tertiary/aromatic N) is 1. The van der Waals surface area contributed by atoms with Crippen LogP contribution in [0.1, 0.15) is 24.8 Å². The van der Waals surface area contributed by atoms with Crippen LogP contribution in [-0.4, -0.2) is 56.7 Å². The summed E-state index contributed by atoms with van der Waals surface area (Å²) in [5, 5.41) is 3.03. The van der Waals surface area contributed by atoms with Crippen LogP contribution >= 0.6 is 0 Å². The van der Waals surface area contributed by atoms with Gasteiger partial charge in [0.2, 0.25) is 11.8 Å². The molecular weight excluding hydrogens is 396 g/mol. The molecule has 4 rings (SSSR count). The molecule has 0 aromatic heterocycles. The highest BCUT2D eigenvalue weighted by Gasteiger charge is 2.53. The van der Waals surface area contributed by atoms with Crippen LogP contribution < -0.4 is 19.5 Å². The molecule has 2 aromatic rings. The average Bonchev–Trinajstić information content (AvgIpc) is 3.36. The zero-order valence-corrected chi connectivity index (χ0v) is 17.9. The van der Waals surface area contributed by atoms with Gasteiger partial charge in [0.1, 0.15) is 12.4 Å². The number of carbonyl (C=O) groups excluding carboxylic acids is 2. The Bertz CT molecular complexity index is 962. The second-order valence-corrected chi connectivity index (χ2v) is 7.99. The highest BCUT2D eigenvalue weighted by Crippen LogP contribution is 2.43. The number of benzene rings is 2. The van der Waals surface area contributed by atoms with Crippen LogP contribution in [0.2, 0.25) is 0 Å². The van der Waals surface area contributed by atoms with Crippen molar-refractivity contribution in [2.24, 2.45) is 0 Å². The summed E-state index contributed by atoms with van der Waals surface area (Å²) in [6, 6.07) is 15.1. The summed E-state index contributed by atoms with van der Waals surface area (Å²) in [6.45, 7) is 1.05. The Balaban J connectivity index is 1.48. The average molecular weight is 424 g/mol. The number of carbonyl (C=O) groups is 2. The maximum atomic E-state index is 13.5. The molecule has 7 heteroatoms. The molecule has 2 amide bonds. The van der Waals surface area contributed by atoms with Crippen molar-refractivity contribution in [3.05, 3.63) is 54.1 Å². The Morgan fingerprint density at radius 1 is 1.13 bits per heavy atom. The lowest BCUT2D eigenvalue weighted by Gasteiger charge is -2.29. The van der Waals surface area contributed by atoms with Gasteiger partial charge in [-0.25, -0.2) is 0 Å². The normalized spacial score (nSPS) is 22.2. The van der Waals surface area contributed by atoms with E-state index in [2.05, 4.69) is 5.32 Å². The van der Waals surface area contributed by atoms with E-state index in [4.69, 9.17) is 14.2 Å². The second kappa shape index (κ2) is 8.88. The fourth-order valence-electron chi connectivity index (χ4n) is 4.64. The predicted octanol–water partition coefficient (Wildman–Crippen LogP) is 2.53. The number of rotatable bonds is 8. The summed E-state index contributed by atoms with van der Waals surface area (Å²) in [4.78, 5) is 27.7. The number of nitrogens with one attached hydrogen (secondary N) is 1. The molecule has 0 radical (unpaired) electrons. The Morgan fingerprint density at radius 2 is 1.94 bits per heavy atom. The third-order valence-corrected chi connectivity index (χ3v) is 6.25. The molecule has 2 aliphatic rings. The molecule has 0 unspecified atom stereocenters. The van der Waals surface area contributed by atoms with Crippen LogP contribution in [0.3, 0.4) is 0 Å². The molecule has 0 aliphatic carbocycles. The van der Waals surface area contributed by atoms with Gasteiger partial charge in [0, 0.05) is 19.0 Å². The lowest BCUT2D eigenvalue weighted by molar-refractivity contribution is -0.129. The van der Waals surface area contributed by atoms with Gasteiger partial charge in [-0.1, -0.05) is 24.3 Å². The molecule has 2 aromatic carbocycles. The topological polar surface area (TPSA) is 77.1 Å². The van der Waals surface area contributed by atoms with E-state index in [1.165, 1.54) is 0 Å². The van der Waals surface area contributed by atoms with Gasteiger partial charge in [-0.2, -0.15) is 0 Å². The molecule has 164 valence electrons. The van der Waals surface area contributed by atoms with Gasteiger partial charge < -0.3 is 24.4 Å². The smallest absolute Gasteiger partial charge is 0.232 e. The minimum absolute atomic E-state index is 0.0911. The number of amides is 2. The molecule has 31 heavy (non-hydrogen) atoms. The van der Waals surface area contributed by atoms with E-state index in [0.717, 1.165) is 12.0 Å². The molecular formula is C24H28N2O5. The Hall–Kier alpha value is -3.22. The number of hydrogen-bond acceptors (Lipinski definition) is 5. The Kier molecular flexibility index (Phi) is 6.02. The molecule has 7 nitrogen and oxygen atoms in total. The van der Waals surface area contributed by atoms with Crippen LogP contribution in [0.5, 0.6) is 17.2 Å². The van der Waals surface area contributed by atoms with Crippen molar-refractivity contribution in [1.29, 1.82) is 0 Å². The van der Waals surface area contributed by atoms with Gasteiger partial charge in [0.05, 0.1) is 26.2 Å². The third-order valence-electron chi connectivity index (χ3n) is 6.25. The fraction of sp³-hybridized carbons (Fsp3) is 0.417. The zero-order valence-electron chi connectivity index (χ0n) is 17.9. The molecule has 2 fully saturated rings. The van der Waals surface area contributed by atoms with Crippen LogP contribution in [0.15, 0.2) is 48.5 Å². The highest BCUT2D eigenvalue weighted by molar-refractivity contribution is 5.91. The van der Waals surface area contributed by atoms with E-state index >= 15 is 0 Å². The van der Waals surface area contributed by atoms with Crippen LogP contribution in [-0.2, 0) is 15.0 Å². The molecule has 0 spiro atoms. The standard InChI is InChI=1S/C24H28N2O5/c1-29-19-7-5-6-17(14-19)24(15-18-10-11-22(27)26(18)16-24)23(28)25-12-13-31-21-9-4-3-8-20(21)30-2/h3-9,14,18H,10-13,15-16H2,1-2H3,(H,25,28)/t18-,24-/m0/s1. The summed E-state index contributed by atoms with van der Waals surface area (Å²) in [7, 11) is 3.20. The highest BCUT2D eigenvalue weighted by atomic mass is 16.5. The van der Waals surface area contributed by atoms with Crippen molar-refractivity contribution in [1.82, 2.24) is 10.2 Å². The SMILES string of the molecule is COc1cccc([C@]2(C(=O)NCCOc3ccccc3OC)C[C@@H]3CCC(=O)N3C2)c1. The van der Waals surface area contributed by atoms with Crippen molar-refractivity contribution in [3.8, 4) is 17.2 Å². The molecule has 0 bridgehead atoms. The lowest BCUT2D eigenvalue weighted by Crippen LogP contribution is -2.48. The van der Waals surface area contributed by atoms with Crippen molar-refractivity contribution >= 4 is 11.8 Å². The van der Waals surface area contributed by atoms with Crippen molar-refractivity contribution < 1.29 is 23.8 Å². The summed E-state index contributed by atoms with van der Waals surface area (Å²) in [5.74, 6) is 2.02. The number of para-hydroxylation sites is 2. The molecule has 0 saturated carbocycles. The van der Waals surface area contributed by atoms with E-state index in [1.54, 1.807) is 14.2 Å². The van der Waals surface area contributed by atoms with E-state index < -0.39 is 5.41 Å². The maximum absolute atomic E-state index is 13.5. The van der Waals surface area contributed by atoms with E-state index in [9.17, 15) is 9.59 Å². The van der Waals surface area contributed by atoms with E-state index in [0.29, 0.717) is 49.8 Å². The summed E-state index contributed by atoms with van der Waals surface area (Å²) < 4.78 is 16.5. The minimum atomic E-state index is -0.792. The van der Waals surface area contributed by atoms with E-state index in [-0.39, 0.29) is 17.9 Å². The monoisotopic (exact) mass is 424 g/mol. The predicted molar refractivity (Wildman–Crippen MR) is 116 cm³/mol. The van der Waals surface area contributed by atoms with Crippen molar-refractivity contribution in [2.45, 2.75) is 30.7 Å². The van der Waals surface area contributed by atoms with Crippen molar-refractivity contribution in [2.75, 3.05) is 33.9 Å². The van der Waals surface area contributed by atoms with Crippen LogP contribution in [0.25, 0.3) is 0 Å². The first-order valence-corrected chi connectivity index (χ1v) is 10.6. The summed E-state index contributed by atoms with van der Waals surface area (Å²) in [6.07, 6.45) is 1.98. The first-order valence-electron chi connectivity index (χ1n) is 10.6. The van der Waals surface area contributed by atoms with Gasteiger partial charge in [0.15, 0.2) is 11.5 Å². The van der Waals surface area contributed by atoms with Crippen molar-refractivity contribution in [3.63, 3.8) is 0 Å². The van der Waals surface area contributed by atoms with E-state index in [1.807, 2.05) is 53.4 Å². The largest absolute Gasteiger partial charge is 0.497 e. The Morgan fingerprint density at radius 3 is 2.68 bits per heavy atom. The fourth-order valence-corrected chi connectivity index (χ4v) is 4.64. The number of methoxy groups -OCH3 is 2. The first-order chi connectivity index (χ1) is 15.1. The molecule has 2 heterocycles.